The Kier molecular flexibility index (Phi) is 1.55. The van der Waals surface area contributed by atoms with Crippen molar-refractivity contribution in [1.29, 1.82) is 0 Å². The third-order valence-corrected chi connectivity index (χ3v) is 3.14. The molecule has 0 amide bonds. The minimum Gasteiger partial charge on any atom is -0.376 e. The molecule has 3 heteroatoms. The predicted octanol–water partition coefficient (Wildman–Crippen LogP) is 0.695. The summed E-state index contributed by atoms with van der Waals surface area (Å²) >= 11 is 0. The van der Waals surface area contributed by atoms with Crippen LogP contribution in [0.3, 0.4) is 0 Å². The summed E-state index contributed by atoms with van der Waals surface area (Å²) in [5.41, 5.74) is -0.0654. The lowest BCUT2D eigenvalue weighted by atomic mass is 9.85. The van der Waals surface area contributed by atoms with Gasteiger partial charge in [0.25, 0.3) is 0 Å². The fourth-order valence-electron chi connectivity index (χ4n) is 2.18. The van der Waals surface area contributed by atoms with Crippen LogP contribution in [0.5, 0.6) is 0 Å². The normalized spacial score (nSPS) is 55.3. The zero-order chi connectivity index (χ0) is 8.06. The lowest BCUT2D eigenvalue weighted by Crippen LogP contribution is -2.37. The van der Waals surface area contributed by atoms with Gasteiger partial charge in [0.15, 0.2) is 0 Å². The van der Waals surface area contributed by atoms with E-state index in [-0.39, 0.29) is 17.7 Å². The molecule has 11 heavy (non-hydrogen) atoms. The quantitative estimate of drug-likeness (QED) is 0.514. The van der Waals surface area contributed by atoms with E-state index < -0.39 is 0 Å². The summed E-state index contributed by atoms with van der Waals surface area (Å²) < 4.78 is 11.2. The Hall–Kier alpha value is -0.0151. The summed E-state index contributed by atoms with van der Waals surface area (Å²) in [7, 11) is 5.72. The summed E-state index contributed by atoms with van der Waals surface area (Å²) in [4.78, 5) is 0. The molecular formula is C8H13BO2. The van der Waals surface area contributed by atoms with Crippen LogP contribution >= 0.6 is 0 Å². The first-order chi connectivity index (χ1) is 5.19. The Labute approximate surface area is 68.7 Å². The van der Waals surface area contributed by atoms with Gasteiger partial charge >= 0.3 is 0 Å². The minimum absolute atomic E-state index is 0.0654. The van der Waals surface area contributed by atoms with Gasteiger partial charge < -0.3 is 9.47 Å². The Morgan fingerprint density at radius 3 is 2.64 bits per heavy atom. The van der Waals surface area contributed by atoms with Crippen LogP contribution in [0.25, 0.3) is 0 Å². The lowest BCUT2D eigenvalue weighted by Gasteiger charge is -2.29. The van der Waals surface area contributed by atoms with Crippen LogP contribution in [0.2, 0.25) is 0 Å². The maximum Gasteiger partial charge on any atom is 0.112 e. The molecule has 2 aliphatic heterocycles. The van der Waals surface area contributed by atoms with E-state index >= 15 is 0 Å². The lowest BCUT2D eigenvalue weighted by molar-refractivity contribution is -0.115. The van der Waals surface area contributed by atoms with Crippen molar-refractivity contribution in [2.75, 3.05) is 6.61 Å². The first-order valence-corrected chi connectivity index (χ1v) is 4.24. The van der Waals surface area contributed by atoms with Crippen molar-refractivity contribution in [3.05, 3.63) is 0 Å². The van der Waals surface area contributed by atoms with Gasteiger partial charge in [-0.25, -0.2) is 0 Å². The van der Waals surface area contributed by atoms with Gasteiger partial charge in [0.05, 0.1) is 18.3 Å². The second kappa shape index (κ2) is 2.24. The third-order valence-electron chi connectivity index (χ3n) is 3.14. The minimum atomic E-state index is -0.196. The van der Waals surface area contributed by atoms with Crippen molar-refractivity contribution >= 4 is 7.85 Å². The standard InChI is InChI=1S/C8H13BO2/c1-3-8-4-10-6(5(8)2)7(9)11-8/h5-7H,3-4H2,1-2H3/t5-,6?,7-,8?/m1/s1. The first kappa shape index (κ1) is 7.62. The molecule has 4 atom stereocenters. The molecule has 0 aromatic rings. The molecule has 2 bridgehead atoms. The average molecular weight is 152 g/mol. The molecule has 0 aliphatic carbocycles. The van der Waals surface area contributed by atoms with Gasteiger partial charge in [-0.15, -0.1) is 0 Å². The van der Waals surface area contributed by atoms with Crippen LogP contribution in [-0.4, -0.2) is 32.2 Å². The van der Waals surface area contributed by atoms with Gasteiger partial charge in [0.2, 0.25) is 0 Å². The van der Waals surface area contributed by atoms with Crippen molar-refractivity contribution in [3.8, 4) is 0 Å². The Bertz CT molecular complexity index is 173. The number of hydrogen-bond donors (Lipinski definition) is 0. The predicted molar refractivity (Wildman–Crippen MR) is 42.6 cm³/mol. The maximum atomic E-state index is 5.72. The van der Waals surface area contributed by atoms with Crippen LogP contribution in [0.1, 0.15) is 20.3 Å². The molecule has 2 saturated heterocycles. The molecule has 2 heterocycles. The molecule has 2 unspecified atom stereocenters. The summed E-state index contributed by atoms with van der Waals surface area (Å²) in [5, 5.41) is 0. The van der Waals surface area contributed by atoms with Crippen molar-refractivity contribution in [1.82, 2.24) is 0 Å². The summed E-state index contributed by atoms with van der Waals surface area (Å²) in [6.07, 6.45) is 1.13. The van der Waals surface area contributed by atoms with E-state index in [1.165, 1.54) is 0 Å². The smallest absolute Gasteiger partial charge is 0.112 e. The van der Waals surface area contributed by atoms with Crippen LogP contribution in [-0.2, 0) is 9.47 Å². The van der Waals surface area contributed by atoms with Crippen molar-refractivity contribution < 1.29 is 9.47 Å². The molecule has 0 spiro atoms. The van der Waals surface area contributed by atoms with Crippen molar-refractivity contribution in [2.24, 2.45) is 5.92 Å². The van der Waals surface area contributed by atoms with Crippen LogP contribution in [0.4, 0.5) is 0 Å². The molecule has 0 saturated carbocycles. The molecule has 2 nitrogen and oxygen atoms in total. The summed E-state index contributed by atoms with van der Waals surface area (Å²) in [6.45, 7) is 5.01. The SMILES string of the molecule is [B][C@@H]1OC2(CC)COC1[C@H]2C. The molecule has 2 fully saturated rings. The maximum absolute atomic E-state index is 5.72. The van der Waals surface area contributed by atoms with Crippen LogP contribution < -0.4 is 0 Å². The van der Waals surface area contributed by atoms with Crippen molar-refractivity contribution in [3.63, 3.8) is 0 Å². The Balaban J connectivity index is 2.24. The van der Waals surface area contributed by atoms with Crippen LogP contribution in [0.15, 0.2) is 0 Å². The van der Waals surface area contributed by atoms with Crippen molar-refractivity contribution in [2.45, 2.75) is 38.0 Å². The highest BCUT2D eigenvalue weighted by Crippen LogP contribution is 2.45. The van der Waals surface area contributed by atoms with Gasteiger partial charge in [-0.3, -0.25) is 0 Å². The van der Waals surface area contributed by atoms with E-state index in [2.05, 4.69) is 13.8 Å². The summed E-state index contributed by atoms with van der Waals surface area (Å²) in [6, 6.07) is -0.196. The fourth-order valence-corrected chi connectivity index (χ4v) is 2.18. The van der Waals surface area contributed by atoms with E-state index in [0.717, 1.165) is 13.0 Å². The average Bonchev–Trinajstić information content (AvgIpc) is 2.42. The van der Waals surface area contributed by atoms with Gasteiger partial charge in [-0.2, -0.15) is 0 Å². The molecule has 2 radical (unpaired) electrons. The molecule has 2 aliphatic rings. The second-order valence-electron chi connectivity index (χ2n) is 3.57. The zero-order valence-corrected chi connectivity index (χ0v) is 7.04. The molecular weight excluding hydrogens is 139 g/mol. The van der Waals surface area contributed by atoms with E-state index in [1.54, 1.807) is 0 Å². The highest BCUT2D eigenvalue weighted by molar-refractivity contribution is 6.11. The number of ether oxygens (including phenoxy) is 2. The summed E-state index contributed by atoms with van der Waals surface area (Å²) in [5.74, 6) is 0.461. The zero-order valence-electron chi connectivity index (χ0n) is 7.04. The topological polar surface area (TPSA) is 18.5 Å². The molecule has 0 aromatic heterocycles. The monoisotopic (exact) mass is 152 g/mol. The van der Waals surface area contributed by atoms with Gasteiger partial charge in [-0.1, -0.05) is 13.8 Å². The Morgan fingerprint density at radius 1 is 1.64 bits per heavy atom. The highest BCUT2D eigenvalue weighted by atomic mass is 16.6. The number of fused-ring (bicyclic) bond motifs is 2. The number of hydrogen-bond acceptors (Lipinski definition) is 2. The van der Waals surface area contributed by atoms with E-state index in [4.69, 9.17) is 17.3 Å². The number of rotatable bonds is 1. The van der Waals surface area contributed by atoms with E-state index in [1.807, 2.05) is 0 Å². The second-order valence-corrected chi connectivity index (χ2v) is 3.57. The molecule has 0 N–H and O–H groups in total. The van der Waals surface area contributed by atoms with Gasteiger partial charge in [-0.05, 0) is 6.42 Å². The largest absolute Gasteiger partial charge is 0.376 e. The first-order valence-electron chi connectivity index (χ1n) is 4.24. The fraction of sp³-hybridized carbons (Fsp3) is 1.00. The Morgan fingerprint density at radius 2 is 2.36 bits per heavy atom. The van der Waals surface area contributed by atoms with E-state index in [0.29, 0.717) is 5.92 Å². The van der Waals surface area contributed by atoms with Crippen LogP contribution in [0, 0.1) is 5.92 Å². The molecule has 60 valence electrons. The third kappa shape index (κ3) is 0.813. The van der Waals surface area contributed by atoms with Gasteiger partial charge in [0, 0.05) is 11.9 Å². The molecule has 0 aromatic carbocycles. The van der Waals surface area contributed by atoms with E-state index in [9.17, 15) is 0 Å². The molecule has 2 rings (SSSR count). The highest BCUT2D eigenvalue weighted by Gasteiger charge is 2.55. The van der Waals surface area contributed by atoms with Gasteiger partial charge in [0.1, 0.15) is 7.85 Å².